The van der Waals surface area contributed by atoms with E-state index in [-0.39, 0.29) is 29.5 Å². The van der Waals surface area contributed by atoms with Gasteiger partial charge in [0, 0.05) is 73.8 Å². The highest BCUT2D eigenvalue weighted by atomic mass is 35.5. The second-order valence-electron chi connectivity index (χ2n) is 14.1. The molecule has 258 valence electrons. The van der Waals surface area contributed by atoms with Crippen molar-refractivity contribution in [2.24, 2.45) is 11.3 Å². The normalized spacial score (nSPS) is 22.5. The number of aromatic nitrogens is 2. The number of amides is 1. The number of fused-ring (bicyclic) bond motifs is 2. The summed E-state index contributed by atoms with van der Waals surface area (Å²) in [5, 5.41) is 1.60. The maximum atomic E-state index is 14.7. The molecule has 2 atom stereocenters. The van der Waals surface area contributed by atoms with Gasteiger partial charge in [-0.05, 0) is 51.0 Å². The van der Waals surface area contributed by atoms with Crippen LogP contribution in [0.4, 0.5) is 20.3 Å². The predicted octanol–water partition coefficient (Wildman–Crippen LogP) is 4.67. The number of hydrogen-bond donors (Lipinski definition) is 0. The number of hydrogen-bond acceptors (Lipinski definition) is 8. The van der Waals surface area contributed by atoms with Crippen LogP contribution in [0.3, 0.4) is 0 Å². The molecule has 4 aliphatic heterocycles. The zero-order chi connectivity index (χ0) is 34.4. The van der Waals surface area contributed by atoms with Crippen LogP contribution in [0, 0.1) is 23.7 Å². The summed E-state index contributed by atoms with van der Waals surface area (Å²) in [6.07, 6.45) is 1.73. The standard InChI is InChI=1S/C36H41ClF2N8O2/c1-23(38)34(48)47-15-14-46(18-26(47)16-40-2)33-27-10-12-45(30-7-5-6-24-8-9-28(39)32(37)31(24)30)19-29(27)41-35(42-33)49-20-25-17-43(3)13-11-36(25)21-44(4)22-36/h5-9,25-26H,1,10-22H2,3-4H3/t25?,26-/m0/s1. The molecule has 49 heavy (non-hydrogen) atoms. The van der Waals surface area contributed by atoms with Crippen LogP contribution in [0.15, 0.2) is 42.7 Å². The number of carbonyl (C=O) groups excluding carboxylic acids is 1. The van der Waals surface area contributed by atoms with Crippen molar-refractivity contribution in [3.05, 3.63) is 76.3 Å². The van der Waals surface area contributed by atoms with E-state index in [2.05, 4.69) is 45.1 Å². The Morgan fingerprint density at radius 2 is 1.92 bits per heavy atom. The predicted molar refractivity (Wildman–Crippen MR) is 186 cm³/mol. The molecule has 10 nitrogen and oxygen atoms in total. The number of anilines is 2. The zero-order valence-electron chi connectivity index (χ0n) is 28.0. The van der Waals surface area contributed by atoms with Crippen molar-refractivity contribution in [2.45, 2.75) is 25.4 Å². The van der Waals surface area contributed by atoms with E-state index in [1.807, 2.05) is 18.2 Å². The van der Waals surface area contributed by atoms with Crippen LogP contribution in [0.2, 0.25) is 5.02 Å². The number of carbonyl (C=O) groups is 1. The third kappa shape index (κ3) is 6.28. The Balaban J connectivity index is 1.22. The van der Waals surface area contributed by atoms with Gasteiger partial charge in [0.15, 0.2) is 5.83 Å². The lowest BCUT2D eigenvalue weighted by atomic mass is 9.65. The number of ether oxygens (including phenoxy) is 1. The monoisotopic (exact) mass is 690 g/mol. The van der Waals surface area contributed by atoms with Crippen molar-refractivity contribution < 1.29 is 18.3 Å². The summed E-state index contributed by atoms with van der Waals surface area (Å²) in [7, 11) is 4.31. The van der Waals surface area contributed by atoms with E-state index in [9.17, 15) is 13.6 Å². The number of likely N-dealkylation sites (tertiary alicyclic amines) is 2. The van der Waals surface area contributed by atoms with Crippen molar-refractivity contribution in [1.29, 1.82) is 0 Å². The van der Waals surface area contributed by atoms with Crippen LogP contribution >= 0.6 is 11.6 Å². The molecule has 0 bridgehead atoms. The Hall–Kier alpha value is -4.05. The summed E-state index contributed by atoms with van der Waals surface area (Å²) >= 11 is 6.53. The molecule has 3 saturated heterocycles. The molecule has 0 N–H and O–H groups in total. The molecular weight excluding hydrogens is 650 g/mol. The van der Waals surface area contributed by atoms with Crippen LogP contribution in [-0.4, -0.2) is 116 Å². The van der Waals surface area contributed by atoms with E-state index in [0.29, 0.717) is 56.3 Å². The minimum atomic E-state index is -1.03. The van der Waals surface area contributed by atoms with Crippen molar-refractivity contribution in [3.8, 4) is 6.01 Å². The number of piperazine rings is 1. The third-order valence-electron chi connectivity index (χ3n) is 10.8. The summed E-state index contributed by atoms with van der Waals surface area (Å²) < 4.78 is 35.1. The van der Waals surface area contributed by atoms with E-state index in [1.54, 1.807) is 6.07 Å². The minimum Gasteiger partial charge on any atom is -0.463 e. The Morgan fingerprint density at radius 1 is 1.10 bits per heavy atom. The smallest absolute Gasteiger partial charge is 0.318 e. The number of rotatable bonds is 7. The molecule has 0 aliphatic carbocycles. The highest BCUT2D eigenvalue weighted by Crippen LogP contribution is 2.44. The fourth-order valence-electron chi connectivity index (χ4n) is 8.34. The van der Waals surface area contributed by atoms with Crippen LogP contribution in [0.1, 0.15) is 17.7 Å². The number of nitrogens with zero attached hydrogens (tertiary/aromatic N) is 8. The minimum absolute atomic E-state index is 0.0318. The lowest BCUT2D eigenvalue weighted by Gasteiger charge is -2.56. The molecule has 5 heterocycles. The Labute approximate surface area is 290 Å². The van der Waals surface area contributed by atoms with E-state index < -0.39 is 23.6 Å². The van der Waals surface area contributed by atoms with Gasteiger partial charge in [0.2, 0.25) is 6.54 Å². The quantitative estimate of drug-likeness (QED) is 0.262. The molecule has 7 rings (SSSR count). The first-order chi connectivity index (χ1) is 23.6. The van der Waals surface area contributed by atoms with Gasteiger partial charge in [-0.2, -0.15) is 9.97 Å². The average molecular weight is 691 g/mol. The Bertz CT molecular complexity index is 1830. The third-order valence-corrected chi connectivity index (χ3v) is 11.2. The molecule has 3 fully saturated rings. The van der Waals surface area contributed by atoms with Crippen molar-refractivity contribution in [3.63, 3.8) is 0 Å². The summed E-state index contributed by atoms with van der Waals surface area (Å²) in [4.78, 5) is 36.5. The molecule has 0 saturated carbocycles. The van der Waals surface area contributed by atoms with Gasteiger partial charge in [-0.3, -0.25) is 4.79 Å². The molecule has 4 aliphatic rings. The van der Waals surface area contributed by atoms with Gasteiger partial charge in [-0.15, -0.1) is 0 Å². The van der Waals surface area contributed by atoms with Gasteiger partial charge in [0.25, 0.3) is 5.91 Å². The second kappa shape index (κ2) is 13.3. The van der Waals surface area contributed by atoms with E-state index >= 15 is 0 Å². The van der Waals surface area contributed by atoms with E-state index in [1.165, 1.54) is 11.0 Å². The second-order valence-corrected chi connectivity index (χ2v) is 14.4. The van der Waals surface area contributed by atoms with Crippen LogP contribution < -0.4 is 14.5 Å². The molecule has 0 radical (unpaired) electrons. The highest BCUT2D eigenvalue weighted by molar-refractivity contribution is 6.36. The molecule has 1 aromatic heterocycles. The Kier molecular flexibility index (Phi) is 9.11. The topological polar surface area (TPSA) is 72.6 Å². The number of benzene rings is 2. The number of piperidine rings is 1. The maximum absolute atomic E-state index is 14.7. The van der Waals surface area contributed by atoms with Gasteiger partial charge in [-0.1, -0.05) is 36.4 Å². The molecule has 1 spiro atoms. The molecule has 1 unspecified atom stereocenters. The van der Waals surface area contributed by atoms with Crippen molar-refractivity contribution >= 4 is 39.8 Å². The summed E-state index contributed by atoms with van der Waals surface area (Å²) in [6, 6.07) is 8.70. The summed E-state index contributed by atoms with van der Waals surface area (Å²) in [6.45, 7) is 17.3. The van der Waals surface area contributed by atoms with Gasteiger partial charge in [0.05, 0.1) is 23.9 Å². The lowest BCUT2D eigenvalue weighted by molar-refractivity contribution is -0.131. The van der Waals surface area contributed by atoms with E-state index in [0.717, 1.165) is 54.9 Å². The first-order valence-electron chi connectivity index (χ1n) is 16.8. The van der Waals surface area contributed by atoms with Crippen LogP contribution in [0.25, 0.3) is 15.6 Å². The lowest BCUT2D eigenvalue weighted by Crippen LogP contribution is -2.64. The molecule has 13 heteroatoms. The van der Waals surface area contributed by atoms with Crippen LogP contribution in [0.5, 0.6) is 6.01 Å². The Morgan fingerprint density at radius 3 is 2.67 bits per heavy atom. The first-order valence-corrected chi connectivity index (χ1v) is 17.2. The van der Waals surface area contributed by atoms with Gasteiger partial charge < -0.3 is 34.1 Å². The number of halogens is 3. The fourth-order valence-corrected chi connectivity index (χ4v) is 8.60. The highest BCUT2D eigenvalue weighted by Gasteiger charge is 2.49. The summed E-state index contributed by atoms with van der Waals surface area (Å²) in [5.74, 6) is -1.25. The first kappa shape index (κ1) is 33.4. The van der Waals surface area contributed by atoms with Crippen molar-refractivity contribution in [2.75, 3.05) is 89.4 Å². The van der Waals surface area contributed by atoms with Crippen molar-refractivity contribution in [1.82, 2.24) is 24.7 Å². The van der Waals surface area contributed by atoms with Gasteiger partial charge in [-0.25, -0.2) is 15.4 Å². The molecular formula is C36H41ClF2N8O2. The van der Waals surface area contributed by atoms with Gasteiger partial charge in [0.1, 0.15) is 17.7 Å². The fraction of sp³-hybridized carbons (Fsp3) is 0.500. The molecule has 1 amide bonds. The zero-order valence-corrected chi connectivity index (χ0v) is 28.7. The maximum Gasteiger partial charge on any atom is 0.318 e. The van der Waals surface area contributed by atoms with E-state index in [4.69, 9.17) is 32.9 Å². The van der Waals surface area contributed by atoms with Crippen LogP contribution in [-0.2, 0) is 17.8 Å². The SMILES string of the molecule is [C-]#[N+]C[C@H]1CN(c2nc(OCC3CN(C)CCC34CN(C)C4)nc3c2CCN(c2cccc4ccc(F)c(Cl)c24)C3)CCN1C(=O)C(=C)F. The largest absolute Gasteiger partial charge is 0.463 e. The molecule has 2 aromatic carbocycles. The average Bonchev–Trinajstić information content (AvgIpc) is 3.08. The summed E-state index contributed by atoms with van der Waals surface area (Å²) in [5.41, 5.74) is 2.81. The molecule has 3 aromatic rings. The van der Waals surface area contributed by atoms with Gasteiger partial charge >= 0.3 is 6.01 Å².